The molecular formula is C15H23N3O2. The Hall–Kier alpha value is -1.62. The maximum Gasteiger partial charge on any atom is 0.224 e. The molecule has 1 fully saturated rings. The van der Waals surface area contributed by atoms with E-state index in [9.17, 15) is 4.79 Å². The molecule has 0 aromatic carbocycles. The highest BCUT2D eigenvalue weighted by Crippen LogP contribution is 2.18. The zero-order valence-electron chi connectivity index (χ0n) is 12.3. The molecule has 5 heteroatoms. The fourth-order valence-electron chi connectivity index (χ4n) is 2.25. The second-order valence-corrected chi connectivity index (χ2v) is 5.30. The van der Waals surface area contributed by atoms with Crippen molar-refractivity contribution in [1.82, 2.24) is 9.88 Å². The van der Waals surface area contributed by atoms with Crippen LogP contribution in [0.5, 0.6) is 5.88 Å². The van der Waals surface area contributed by atoms with Gasteiger partial charge in [0.25, 0.3) is 0 Å². The predicted molar refractivity (Wildman–Crippen MR) is 78.9 cm³/mol. The molecule has 1 aromatic heterocycles. The first-order valence-corrected chi connectivity index (χ1v) is 7.28. The van der Waals surface area contributed by atoms with Crippen LogP contribution in [0.4, 0.5) is 5.69 Å². The zero-order valence-corrected chi connectivity index (χ0v) is 12.3. The van der Waals surface area contributed by atoms with E-state index in [2.05, 4.69) is 22.2 Å². The first-order chi connectivity index (χ1) is 9.67. The Balaban J connectivity index is 1.83. The summed E-state index contributed by atoms with van der Waals surface area (Å²) < 4.78 is 5.86. The summed E-state index contributed by atoms with van der Waals surface area (Å²) in [4.78, 5) is 18.0. The van der Waals surface area contributed by atoms with E-state index in [1.807, 2.05) is 19.1 Å². The molecule has 1 aliphatic heterocycles. The molecule has 0 radical (unpaired) electrons. The lowest BCUT2D eigenvalue weighted by Gasteiger charge is -2.28. The summed E-state index contributed by atoms with van der Waals surface area (Å²) in [5.41, 5.74) is 0.721. The number of hydrogen-bond acceptors (Lipinski definition) is 4. The van der Waals surface area contributed by atoms with Gasteiger partial charge in [-0.3, -0.25) is 4.79 Å². The zero-order chi connectivity index (χ0) is 14.4. The molecule has 20 heavy (non-hydrogen) atoms. The summed E-state index contributed by atoms with van der Waals surface area (Å²) >= 11 is 0. The molecule has 1 aromatic rings. The van der Waals surface area contributed by atoms with Crippen molar-refractivity contribution in [3.05, 3.63) is 18.3 Å². The van der Waals surface area contributed by atoms with E-state index in [0.717, 1.165) is 38.0 Å². The average molecular weight is 277 g/mol. The van der Waals surface area contributed by atoms with Gasteiger partial charge in [0.05, 0.1) is 11.9 Å². The molecule has 0 bridgehead atoms. The van der Waals surface area contributed by atoms with E-state index in [-0.39, 0.29) is 12.0 Å². The second kappa shape index (κ2) is 7.24. The quantitative estimate of drug-likeness (QED) is 0.897. The summed E-state index contributed by atoms with van der Waals surface area (Å²) in [5, 5.41) is 2.82. The van der Waals surface area contributed by atoms with Gasteiger partial charge in [-0.1, -0.05) is 6.92 Å². The van der Waals surface area contributed by atoms with Gasteiger partial charge in [0.2, 0.25) is 11.8 Å². The van der Waals surface area contributed by atoms with Gasteiger partial charge in [0.1, 0.15) is 6.10 Å². The number of piperidine rings is 1. The predicted octanol–water partition coefficient (Wildman–Crippen LogP) is 2.29. The first kappa shape index (κ1) is 14.8. The van der Waals surface area contributed by atoms with Gasteiger partial charge >= 0.3 is 0 Å². The lowest BCUT2D eigenvalue weighted by molar-refractivity contribution is -0.116. The van der Waals surface area contributed by atoms with E-state index in [0.29, 0.717) is 12.3 Å². The molecule has 0 aliphatic carbocycles. The van der Waals surface area contributed by atoms with Crippen molar-refractivity contribution in [3.63, 3.8) is 0 Å². The molecular weight excluding hydrogens is 254 g/mol. The smallest absolute Gasteiger partial charge is 0.224 e. The fraction of sp³-hybridized carbons (Fsp3) is 0.600. The summed E-state index contributed by atoms with van der Waals surface area (Å²) in [6.07, 6.45) is 5.35. The van der Waals surface area contributed by atoms with Crippen LogP contribution in [0.15, 0.2) is 18.3 Å². The van der Waals surface area contributed by atoms with Crippen LogP contribution in [0.25, 0.3) is 0 Å². The van der Waals surface area contributed by atoms with Gasteiger partial charge in [0.15, 0.2) is 0 Å². The number of ether oxygens (including phenoxy) is 1. The molecule has 0 spiro atoms. The highest BCUT2D eigenvalue weighted by atomic mass is 16.5. The van der Waals surface area contributed by atoms with E-state index in [1.165, 1.54) is 0 Å². The SMILES string of the molecule is CCCC(=O)Nc1ccc(OC2CCN(C)CC2)nc1. The lowest BCUT2D eigenvalue weighted by Crippen LogP contribution is -2.35. The number of nitrogens with zero attached hydrogens (tertiary/aromatic N) is 2. The van der Waals surface area contributed by atoms with Crippen LogP contribution in [0.2, 0.25) is 0 Å². The topological polar surface area (TPSA) is 54.5 Å². The minimum Gasteiger partial charge on any atom is -0.474 e. The van der Waals surface area contributed by atoms with Crippen molar-refractivity contribution in [3.8, 4) is 5.88 Å². The Labute approximate surface area is 120 Å². The minimum atomic E-state index is 0.0262. The van der Waals surface area contributed by atoms with Crippen LogP contribution in [0.1, 0.15) is 32.6 Å². The molecule has 2 heterocycles. The van der Waals surface area contributed by atoms with Gasteiger partial charge in [-0.15, -0.1) is 0 Å². The molecule has 5 nitrogen and oxygen atoms in total. The lowest BCUT2D eigenvalue weighted by atomic mass is 10.1. The van der Waals surface area contributed by atoms with Crippen molar-refractivity contribution < 1.29 is 9.53 Å². The molecule has 1 saturated heterocycles. The van der Waals surface area contributed by atoms with Crippen molar-refractivity contribution in [2.45, 2.75) is 38.7 Å². The molecule has 2 rings (SSSR count). The number of nitrogens with one attached hydrogen (secondary N) is 1. The molecule has 1 N–H and O–H groups in total. The van der Waals surface area contributed by atoms with Crippen molar-refractivity contribution in [1.29, 1.82) is 0 Å². The standard InChI is InChI=1S/C15H23N3O2/c1-3-4-14(19)17-12-5-6-15(16-11-12)20-13-7-9-18(2)10-8-13/h5-6,11,13H,3-4,7-10H2,1-2H3,(H,17,19). The number of rotatable bonds is 5. The largest absolute Gasteiger partial charge is 0.474 e. The monoisotopic (exact) mass is 277 g/mol. The van der Waals surface area contributed by atoms with Crippen molar-refractivity contribution in [2.75, 3.05) is 25.5 Å². The number of likely N-dealkylation sites (tertiary alicyclic amines) is 1. The molecule has 0 saturated carbocycles. The number of pyridine rings is 1. The van der Waals surface area contributed by atoms with Crippen LogP contribution in [-0.4, -0.2) is 42.0 Å². The third kappa shape index (κ3) is 4.49. The average Bonchev–Trinajstić information content (AvgIpc) is 2.44. The maximum absolute atomic E-state index is 11.5. The summed E-state index contributed by atoms with van der Waals surface area (Å²) in [5.74, 6) is 0.659. The van der Waals surface area contributed by atoms with Gasteiger partial charge < -0.3 is 15.0 Å². The van der Waals surface area contributed by atoms with Crippen LogP contribution in [0.3, 0.4) is 0 Å². The summed E-state index contributed by atoms with van der Waals surface area (Å²) in [6, 6.07) is 3.66. The molecule has 110 valence electrons. The molecule has 0 atom stereocenters. The van der Waals surface area contributed by atoms with E-state index >= 15 is 0 Å². The van der Waals surface area contributed by atoms with Gasteiger partial charge in [-0.25, -0.2) is 4.98 Å². The van der Waals surface area contributed by atoms with Crippen molar-refractivity contribution in [2.24, 2.45) is 0 Å². The first-order valence-electron chi connectivity index (χ1n) is 7.28. The van der Waals surface area contributed by atoms with E-state index < -0.39 is 0 Å². The number of carbonyl (C=O) groups is 1. The Kier molecular flexibility index (Phi) is 5.35. The second-order valence-electron chi connectivity index (χ2n) is 5.30. The molecule has 1 aliphatic rings. The maximum atomic E-state index is 11.5. The van der Waals surface area contributed by atoms with Gasteiger partial charge in [-0.05, 0) is 32.4 Å². The summed E-state index contributed by atoms with van der Waals surface area (Å²) in [7, 11) is 2.13. The Morgan fingerprint density at radius 3 is 2.80 bits per heavy atom. The van der Waals surface area contributed by atoms with E-state index in [1.54, 1.807) is 6.20 Å². The normalized spacial score (nSPS) is 16.9. The molecule has 0 unspecified atom stereocenters. The highest BCUT2D eigenvalue weighted by molar-refractivity contribution is 5.90. The van der Waals surface area contributed by atoms with Gasteiger partial charge in [-0.2, -0.15) is 0 Å². The number of hydrogen-bond donors (Lipinski definition) is 1. The summed E-state index contributed by atoms with van der Waals surface area (Å²) in [6.45, 7) is 4.11. The fourth-order valence-corrected chi connectivity index (χ4v) is 2.25. The van der Waals surface area contributed by atoms with Crippen LogP contribution >= 0.6 is 0 Å². The van der Waals surface area contributed by atoms with Crippen LogP contribution < -0.4 is 10.1 Å². The highest BCUT2D eigenvalue weighted by Gasteiger charge is 2.18. The van der Waals surface area contributed by atoms with Crippen LogP contribution in [0, 0.1) is 0 Å². The third-order valence-electron chi connectivity index (χ3n) is 3.45. The third-order valence-corrected chi connectivity index (χ3v) is 3.45. The number of aromatic nitrogens is 1. The minimum absolute atomic E-state index is 0.0262. The van der Waals surface area contributed by atoms with Gasteiger partial charge in [0, 0.05) is 25.6 Å². The number of amides is 1. The number of anilines is 1. The van der Waals surface area contributed by atoms with Crippen LogP contribution in [-0.2, 0) is 4.79 Å². The molecule has 1 amide bonds. The Bertz CT molecular complexity index is 425. The van der Waals surface area contributed by atoms with Crippen molar-refractivity contribution >= 4 is 11.6 Å². The Morgan fingerprint density at radius 2 is 2.20 bits per heavy atom. The van der Waals surface area contributed by atoms with E-state index in [4.69, 9.17) is 4.74 Å². The number of carbonyl (C=O) groups excluding carboxylic acids is 1. The Morgan fingerprint density at radius 1 is 1.45 bits per heavy atom.